The van der Waals surface area contributed by atoms with Gasteiger partial charge in [-0.05, 0) is 67.0 Å². The zero-order chi connectivity index (χ0) is 23.8. The van der Waals surface area contributed by atoms with Crippen LogP contribution in [0.2, 0.25) is 0 Å². The SMILES string of the molecule is Cc1ccc2c(n1)oc1c(-c3nc(C)nc4c3ccc3cc(C(C)(C)C)cc(C)c34)cccc12. The van der Waals surface area contributed by atoms with E-state index in [1.54, 1.807) is 0 Å². The summed E-state index contributed by atoms with van der Waals surface area (Å²) >= 11 is 0. The highest BCUT2D eigenvalue weighted by Gasteiger charge is 2.20. The average molecular weight is 446 g/mol. The highest BCUT2D eigenvalue weighted by molar-refractivity contribution is 6.14. The topological polar surface area (TPSA) is 51.8 Å². The number of furan rings is 1. The molecule has 3 aromatic carbocycles. The maximum Gasteiger partial charge on any atom is 0.227 e. The summed E-state index contributed by atoms with van der Waals surface area (Å²) in [6, 6.07) is 19.3. The fourth-order valence-electron chi connectivity index (χ4n) is 4.97. The van der Waals surface area contributed by atoms with Gasteiger partial charge in [0.15, 0.2) is 0 Å². The highest BCUT2D eigenvalue weighted by Crippen LogP contribution is 2.39. The molecule has 3 heterocycles. The molecule has 6 aromatic rings. The van der Waals surface area contributed by atoms with Gasteiger partial charge in [0.05, 0.1) is 11.2 Å². The van der Waals surface area contributed by atoms with Crippen LogP contribution < -0.4 is 0 Å². The fourth-order valence-corrected chi connectivity index (χ4v) is 4.97. The van der Waals surface area contributed by atoms with Crippen LogP contribution in [0.25, 0.3) is 55.0 Å². The van der Waals surface area contributed by atoms with Crippen LogP contribution in [0, 0.1) is 20.8 Å². The van der Waals surface area contributed by atoms with E-state index in [2.05, 4.69) is 81.2 Å². The standard InChI is InChI=1S/C30H27N3O/c1-16-14-20(30(4,5)6)15-19-11-13-23-26(32-18(3)33-27(23)25(16)19)24-9-7-8-21-22-12-10-17(2)31-29(22)34-28(21)24/h7-15H,1-6H3. The monoisotopic (exact) mass is 445 g/mol. The van der Waals surface area contributed by atoms with Gasteiger partial charge in [-0.1, -0.05) is 51.1 Å². The Morgan fingerprint density at radius 3 is 2.35 bits per heavy atom. The maximum atomic E-state index is 6.30. The van der Waals surface area contributed by atoms with Crippen LogP contribution in [0.5, 0.6) is 0 Å². The summed E-state index contributed by atoms with van der Waals surface area (Å²) in [6.45, 7) is 12.9. The Balaban J connectivity index is 1.70. The zero-order valence-corrected chi connectivity index (χ0v) is 20.4. The van der Waals surface area contributed by atoms with Crippen molar-refractivity contribution in [1.29, 1.82) is 0 Å². The van der Waals surface area contributed by atoms with E-state index in [1.807, 2.05) is 19.9 Å². The molecule has 0 amide bonds. The van der Waals surface area contributed by atoms with Crippen LogP contribution >= 0.6 is 0 Å². The molecule has 34 heavy (non-hydrogen) atoms. The Hall–Kier alpha value is -3.79. The van der Waals surface area contributed by atoms with E-state index in [-0.39, 0.29) is 5.41 Å². The van der Waals surface area contributed by atoms with Gasteiger partial charge in [0.1, 0.15) is 11.4 Å². The van der Waals surface area contributed by atoms with Crippen molar-refractivity contribution in [3.8, 4) is 11.3 Å². The summed E-state index contributed by atoms with van der Waals surface area (Å²) in [5.41, 5.74) is 7.91. The van der Waals surface area contributed by atoms with Gasteiger partial charge in [0, 0.05) is 32.8 Å². The smallest absolute Gasteiger partial charge is 0.227 e. The first-order chi connectivity index (χ1) is 16.2. The van der Waals surface area contributed by atoms with E-state index < -0.39 is 0 Å². The van der Waals surface area contributed by atoms with E-state index >= 15 is 0 Å². The number of nitrogens with zero attached hydrogens (tertiary/aromatic N) is 3. The Labute approximate surface area is 198 Å². The van der Waals surface area contributed by atoms with Gasteiger partial charge < -0.3 is 4.42 Å². The molecule has 0 spiro atoms. The summed E-state index contributed by atoms with van der Waals surface area (Å²) in [5.74, 6) is 0.747. The Morgan fingerprint density at radius 2 is 1.56 bits per heavy atom. The van der Waals surface area contributed by atoms with Gasteiger partial charge >= 0.3 is 0 Å². The normalized spacial score (nSPS) is 12.4. The van der Waals surface area contributed by atoms with Gasteiger partial charge in [-0.3, -0.25) is 0 Å². The lowest BCUT2D eigenvalue weighted by molar-refractivity contribution is 0.590. The van der Waals surface area contributed by atoms with Crippen molar-refractivity contribution in [1.82, 2.24) is 15.0 Å². The summed E-state index contributed by atoms with van der Waals surface area (Å²) in [4.78, 5) is 14.4. The number of pyridine rings is 1. The molecule has 0 aliphatic carbocycles. The lowest BCUT2D eigenvalue weighted by Gasteiger charge is -2.21. The number of aromatic nitrogens is 3. The first kappa shape index (κ1) is 20.8. The van der Waals surface area contributed by atoms with Gasteiger partial charge in [-0.15, -0.1) is 0 Å². The minimum absolute atomic E-state index is 0.0873. The molecule has 6 rings (SSSR count). The van der Waals surface area contributed by atoms with E-state index in [0.29, 0.717) is 5.71 Å². The molecule has 0 atom stereocenters. The van der Waals surface area contributed by atoms with E-state index in [4.69, 9.17) is 14.4 Å². The quantitative estimate of drug-likeness (QED) is 0.241. The number of aryl methyl sites for hydroxylation is 3. The molecule has 0 aliphatic heterocycles. The Bertz CT molecular complexity index is 1770. The molecule has 0 fully saturated rings. The lowest BCUT2D eigenvalue weighted by Crippen LogP contribution is -2.11. The number of benzene rings is 3. The summed E-state index contributed by atoms with van der Waals surface area (Å²) in [5, 5.41) is 5.50. The molecular formula is C30H27N3O. The lowest BCUT2D eigenvalue weighted by atomic mass is 9.84. The predicted molar refractivity (Wildman–Crippen MR) is 140 cm³/mol. The van der Waals surface area contributed by atoms with Gasteiger partial charge in [-0.2, -0.15) is 0 Å². The second-order valence-electron chi connectivity index (χ2n) is 10.3. The number of para-hydroxylation sites is 1. The molecular weight excluding hydrogens is 418 g/mol. The Morgan fingerprint density at radius 1 is 0.765 bits per heavy atom. The second-order valence-corrected chi connectivity index (χ2v) is 10.3. The fraction of sp³-hybridized carbons (Fsp3) is 0.233. The number of rotatable bonds is 1. The third-order valence-electron chi connectivity index (χ3n) is 6.71. The first-order valence-electron chi connectivity index (χ1n) is 11.7. The number of fused-ring (bicyclic) bond motifs is 6. The summed E-state index contributed by atoms with van der Waals surface area (Å²) in [6.07, 6.45) is 0. The molecule has 168 valence electrons. The molecule has 0 unspecified atom stereocenters. The molecule has 0 saturated carbocycles. The number of hydrogen-bond donors (Lipinski definition) is 0. The number of hydrogen-bond acceptors (Lipinski definition) is 4. The predicted octanol–water partition coefficient (Wildman–Crippen LogP) is 7.97. The van der Waals surface area contributed by atoms with Crippen LogP contribution in [0.3, 0.4) is 0 Å². The highest BCUT2D eigenvalue weighted by atomic mass is 16.3. The van der Waals surface area contributed by atoms with E-state index in [9.17, 15) is 0 Å². The van der Waals surface area contributed by atoms with Crippen LogP contribution in [0.4, 0.5) is 0 Å². The van der Waals surface area contributed by atoms with Crippen molar-refractivity contribution in [3.63, 3.8) is 0 Å². The molecule has 0 bridgehead atoms. The average Bonchev–Trinajstić information content (AvgIpc) is 3.15. The summed E-state index contributed by atoms with van der Waals surface area (Å²) in [7, 11) is 0. The van der Waals surface area contributed by atoms with Crippen LogP contribution in [-0.2, 0) is 5.41 Å². The molecule has 0 N–H and O–H groups in total. The third kappa shape index (κ3) is 3.09. The zero-order valence-electron chi connectivity index (χ0n) is 20.4. The van der Waals surface area contributed by atoms with Crippen molar-refractivity contribution in [2.24, 2.45) is 0 Å². The molecule has 0 aliphatic rings. The first-order valence-corrected chi connectivity index (χ1v) is 11.7. The summed E-state index contributed by atoms with van der Waals surface area (Å²) < 4.78 is 6.30. The van der Waals surface area contributed by atoms with Crippen molar-refractivity contribution in [2.45, 2.75) is 47.0 Å². The van der Waals surface area contributed by atoms with Gasteiger partial charge in [0.25, 0.3) is 0 Å². The van der Waals surface area contributed by atoms with Crippen LogP contribution in [0.15, 0.2) is 59.0 Å². The Kier molecular flexibility index (Phi) is 4.34. The van der Waals surface area contributed by atoms with Crippen LogP contribution in [-0.4, -0.2) is 15.0 Å². The minimum atomic E-state index is 0.0873. The molecule has 0 saturated heterocycles. The van der Waals surface area contributed by atoms with Crippen molar-refractivity contribution < 1.29 is 4.42 Å². The van der Waals surface area contributed by atoms with Crippen molar-refractivity contribution >= 4 is 43.7 Å². The van der Waals surface area contributed by atoms with E-state index in [1.165, 1.54) is 21.9 Å². The maximum absolute atomic E-state index is 6.30. The molecule has 4 heteroatoms. The minimum Gasteiger partial charge on any atom is -0.437 e. The largest absolute Gasteiger partial charge is 0.437 e. The second kappa shape index (κ2) is 7.10. The van der Waals surface area contributed by atoms with Gasteiger partial charge in [0.2, 0.25) is 5.71 Å². The molecule has 4 nitrogen and oxygen atoms in total. The van der Waals surface area contributed by atoms with Crippen LogP contribution in [0.1, 0.15) is 43.4 Å². The van der Waals surface area contributed by atoms with Crippen molar-refractivity contribution in [3.05, 3.63) is 77.2 Å². The van der Waals surface area contributed by atoms with Gasteiger partial charge in [-0.25, -0.2) is 15.0 Å². The van der Waals surface area contributed by atoms with Crippen molar-refractivity contribution in [2.75, 3.05) is 0 Å². The van der Waals surface area contributed by atoms with E-state index in [0.717, 1.165) is 50.0 Å². The third-order valence-corrected chi connectivity index (χ3v) is 6.71. The molecule has 3 aromatic heterocycles. The molecule has 0 radical (unpaired) electrons.